The summed E-state index contributed by atoms with van der Waals surface area (Å²) in [5.74, 6) is -0.103. The van der Waals surface area contributed by atoms with Crippen LogP contribution in [0.3, 0.4) is 0 Å². The Labute approximate surface area is 125 Å². The lowest BCUT2D eigenvalue weighted by atomic mass is 9.87. The zero-order valence-corrected chi connectivity index (χ0v) is 12.9. The molecule has 21 heavy (non-hydrogen) atoms. The molecule has 1 amide bonds. The average molecular weight is 292 g/mol. The highest BCUT2D eigenvalue weighted by molar-refractivity contribution is 5.99. The van der Waals surface area contributed by atoms with E-state index in [-0.39, 0.29) is 23.5 Å². The molecule has 0 bridgehead atoms. The number of nitrogens with one attached hydrogen (secondary N) is 2. The molecule has 3 N–H and O–H groups in total. The van der Waals surface area contributed by atoms with Gasteiger partial charge in [-0.05, 0) is 32.9 Å². The number of hydrogen-bond donors (Lipinski definition) is 3. The smallest absolute Gasteiger partial charge is 0.253 e. The number of hydrogen-bond acceptors (Lipinski definition) is 4. The van der Waals surface area contributed by atoms with Crippen LogP contribution in [0, 0.1) is 5.41 Å². The Balaban J connectivity index is 2.08. The van der Waals surface area contributed by atoms with E-state index in [0.717, 1.165) is 5.69 Å². The molecule has 0 aliphatic carbocycles. The first kappa shape index (κ1) is 15.8. The predicted molar refractivity (Wildman–Crippen MR) is 82.5 cm³/mol. The third-order valence-corrected chi connectivity index (χ3v) is 3.47. The number of aliphatic hydroxyl groups excluding tert-OH is 1. The van der Waals surface area contributed by atoms with E-state index in [1.54, 1.807) is 6.07 Å². The number of carbonyl (C=O) groups is 1. The Kier molecular flexibility index (Phi) is 4.54. The molecule has 0 aromatic heterocycles. The van der Waals surface area contributed by atoms with E-state index in [0.29, 0.717) is 25.3 Å². The second kappa shape index (κ2) is 6.03. The third kappa shape index (κ3) is 3.95. The van der Waals surface area contributed by atoms with Gasteiger partial charge in [0.1, 0.15) is 0 Å². The van der Waals surface area contributed by atoms with E-state index < -0.39 is 0 Å². The molecule has 1 aromatic carbocycles. The lowest BCUT2D eigenvalue weighted by Crippen LogP contribution is -2.50. The molecule has 1 aliphatic rings. The minimum atomic E-state index is -0.279. The van der Waals surface area contributed by atoms with Crippen LogP contribution in [0.5, 0.6) is 0 Å². The van der Waals surface area contributed by atoms with Gasteiger partial charge in [-0.15, -0.1) is 0 Å². The number of carbonyl (C=O) groups excluding carboxylic acids is 1. The number of amides is 1. The summed E-state index contributed by atoms with van der Waals surface area (Å²) in [4.78, 5) is 12.3. The predicted octanol–water partition coefficient (Wildman–Crippen LogP) is 1.64. The summed E-state index contributed by atoms with van der Waals surface area (Å²) in [6.45, 7) is 7.62. The zero-order chi connectivity index (χ0) is 15.5. The van der Waals surface area contributed by atoms with E-state index in [2.05, 4.69) is 10.6 Å². The highest BCUT2D eigenvalue weighted by Crippen LogP contribution is 2.28. The molecule has 2 rings (SSSR count). The van der Waals surface area contributed by atoms with Gasteiger partial charge in [0.25, 0.3) is 5.91 Å². The van der Waals surface area contributed by atoms with Gasteiger partial charge in [-0.2, -0.15) is 0 Å². The molecule has 1 aliphatic heterocycles. The van der Waals surface area contributed by atoms with Gasteiger partial charge in [0.2, 0.25) is 0 Å². The van der Waals surface area contributed by atoms with Gasteiger partial charge in [-0.3, -0.25) is 4.79 Å². The first-order chi connectivity index (χ1) is 9.85. The first-order valence-corrected chi connectivity index (χ1v) is 7.19. The van der Waals surface area contributed by atoms with Crippen LogP contribution >= 0.6 is 0 Å². The minimum Gasteiger partial charge on any atom is -0.396 e. The summed E-state index contributed by atoms with van der Waals surface area (Å²) in [7, 11) is 0. The molecule has 116 valence electrons. The summed E-state index contributed by atoms with van der Waals surface area (Å²) >= 11 is 0. The fourth-order valence-electron chi connectivity index (χ4n) is 2.17. The standard InChI is InChI=1S/C16H24N2O3/c1-15(2,3)18-14(20)12-6-4-5-7-13(12)17-8-16(9-19)10-21-11-16/h4-7,17,19H,8-11H2,1-3H3,(H,18,20). The monoisotopic (exact) mass is 292 g/mol. The van der Waals surface area contributed by atoms with Crippen molar-refractivity contribution in [2.75, 3.05) is 31.7 Å². The minimum absolute atomic E-state index is 0.0797. The Hall–Kier alpha value is -1.59. The Bertz CT molecular complexity index is 499. The van der Waals surface area contributed by atoms with E-state index >= 15 is 0 Å². The molecule has 5 heteroatoms. The quantitative estimate of drug-likeness (QED) is 0.771. The van der Waals surface area contributed by atoms with Crippen molar-refractivity contribution in [1.29, 1.82) is 0 Å². The molecule has 0 radical (unpaired) electrons. The second-order valence-electron chi connectivity index (χ2n) is 6.75. The van der Waals surface area contributed by atoms with Crippen LogP contribution in [0.4, 0.5) is 5.69 Å². The molecule has 1 heterocycles. The molecule has 0 saturated carbocycles. The van der Waals surface area contributed by atoms with Crippen LogP contribution in [0.25, 0.3) is 0 Å². The van der Waals surface area contributed by atoms with Gasteiger partial charge in [0, 0.05) is 17.8 Å². The fourth-order valence-corrected chi connectivity index (χ4v) is 2.17. The largest absolute Gasteiger partial charge is 0.396 e. The first-order valence-electron chi connectivity index (χ1n) is 7.19. The van der Waals surface area contributed by atoms with Crippen molar-refractivity contribution in [2.24, 2.45) is 5.41 Å². The van der Waals surface area contributed by atoms with Gasteiger partial charge in [0.05, 0.1) is 30.8 Å². The highest BCUT2D eigenvalue weighted by atomic mass is 16.5. The van der Waals surface area contributed by atoms with Crippen LogP contribution in [-0.4, -0.2) is 42.9 Å². The Morgan fingerprint density at radius 1 is 1.33 bits per heavy atom. The summed E-state index contributed by atoms with van der Waals surface area (Å²) < 4.78 is 5.18. The maximum Gasteiger partial charge on any atom is 0.253 e. The summed E-state index contributed by atoms with van der Waals surface area (Å²) in [5.41, 5.74) is 0.881. The molecule has 0 spiro atoms. The maximum atomic E-state index is 12.3. The van der Waals surface area contributed by atoms with Gasteiger partial charge >= 0.3 is 0 Å². The number of para-hydroxylation sites is 1. The molecule has 0 atom stereocenters. The average Bonchev–Trinajstić information content (AvgIpc) is 2.36. The Morgan fingerprint density at radius 2 is 2.00 bits per heavy atom. The van der Waals surface area contributed by atoms with Crippen molar-refractivity contribution in [1.82, 2.24) is 5.32 Å². The van der Waals surface area contributed by atoms with Crippen LogP contribution in [0.1, 0.15) is 31.1 Å². The SMILES string of the molecule is CC(C)(C)NC(=O)c1ccccc1NCC1(CO)COC1. The van der Waals surface area contributed by atoms with Crippen molar-refractivity contribution in [3.8, 4) is 0 Å². The van der Waals surface area contributed by atoms with E-state index in [1.807, 2.05) is 39.0 Å². The van der Waals surface area contributed by atoms with Crippen LogP contribution in [0.15, 0.2) is 24.3 Å². The van der Waals surface area contributed by atoms with Gasteiger partial charge < -0.3 is 20.5 Å². The number of rotatable bonds is 5. The maximum absolute atomic E-state index is 12.3. The van der Waals surface area contributed by atoms with E-state index in [4.69, 9.17) is 4.74 Å². The molecular weight excluding hydrogens is 268 g/mol. The highest BCUT2D eigenvalue weighted by Gasteiger charge is 2.38. The van der Waals surface area contributed by atoms with Gasteiger partial charge in [-0.1, -0.05) is 12.1 Å². The van der Waals surface area contributed by atoms with Gasteiger partial charge in [0.15, 0.2) is 0 Å². The molecule has 0 unspecified atom stereocenters. The lowest BCUT2D eigenvalue weighted by Gasteiger charge is -2.40. The molecule has 5 nitrogen and oxygen atoms in total. The second-order valence-corrected chi connectivity index (χ2v) is 6.75. The fraction of sp³-hybridized carbons (Fsp3) is 0.562. The van der Waals surface area contributed by atoms with Crippen LogP contribution in [-0.2, 0) is 4.74 Å². The molecule has 1 saturated heterocycles. The van der Waals surface area contributed by atoms with Gasteiger partial charge in [-0.25, -0.2) is 0 Å². The molecule has 1 aromatic rings. The van der Waals surface area contributed by atoms with E-state index in [1.165, 1.54) is 0 Å². The van der Waals surface area contributed by atoms with Crippen molar-refractivity contribution < 1.29 is 14.6 Å². The summed E-state index contributed by atoms with van der Waals surface area (Å²) in [5, 5.41) is 15.7. The number of benzene rings is 1. The number of anilines is 1. The van der Waals surface area contributed by atoms with Crippen molar-refractivity contribution in [3.63, 3.8) is 0 Å². The Morgan fingerprint density at radius 3 is 2.52 bits per heavy atom. The lowest BCUT2D eigenvalue weighted by molar-refractivity contribution is -0.128. The number of aliphatic hydroxyl groups is 1. The van der Waals surface area contributed by atoms with Crippen molar-refractivity contribution >= 4 is 11.6 Å². The summed E-state index contributed by atoms with van der Waals surface area (Å²) in [6.07, 6.45) is 0. The van der Waals surface area contributed by atoms with Crippen LogP contribution in [0.2, 0.25) is 0 Å². The summed E-state index contributed by atoms with van der Waals surface area (Å²) in [6, 6.07) is 7.41. The molecule has 1 fully saturated rings. The third-order valence-electron chi connectivity index (χ3n) is 3.47. The molecular formula is C16H24N2O3. The van der Waals surface area contributed by atoms with Crippen molar-refractivity contribution in [2.45, 2.75) is 26.3 Å². The van der Waals surface area contributed by atoms with Crippen molar-refractivity contribution in [3.05, 3.63) is 29.8 Å². The normalized spacial score (nSPS) is 17.0. The number of ether oxygens (including phenoxy) is 1. The zero-order valence-electron chi connectivity index (χ0n) is 12.9. The van der Waals surface area contributed by atoms with Crippen LogP contribution < -0.4 is 10.6 Å². The van der Waals surface area contributed by atoms with E-state index in [9.17, 15) is 9.90 Å². The topological polar surface area (TPSA) is 70.6 Å².